The zero-order chi connectivity index (χ0) is 19.1. The summed E-state index contributed by atoms with van der Waals surface area (Å²) < 4.78 is 2.14. The molecule has 0 aliphatic heterocycles. The Labute approximate surface area is 167 Å². The molecule has 0 saturated heterocycles. The molecule has 0 fully saturated rings. The number of aromatic nitrogens is 6. The molecule has 28 heavy (non-hydrogen) atoms. The molecule has 6 nitrogen and oxygen atoms in total. The van der Waals surface area contributed by atoms with Gasteiger partial charge in [-0.25, -0.2) is 4.98 Å². The van der Waals surface area contributed by atoms with E-state index in [9.17, 15) is 0 Å². The van der Waals surface area contributed by atoms with Crippen LogP contribution in [0.4, 0.5) is 0 Å². The molecule has 140 valence electrons. The minimum absolute atomic E-state index is 0.466. The minimum Gasteiger partial charge on any atom is -0.336 e. The molecule has 4 aromatic rings. The Morgan fingerprint density at radius 2 is 2.14 bits per heavy atom. The Kier molecular flexibility index (Phi) is 4.20. The first kappa shape index (κ1) is 17.1. The van der Waals surface area contributed by atoms with Crippen LogP contribution in [-0.4, -0.2) is 29.9 Å². The number of hydrogen-bond acceptors (Lipinski definition) is 4. The van der Waals surface area contributed by atoms with Crippen molar-refractivity contribution in [3.05, 3.63) is 70.9 Å². The highest BCUT2D eigenvalue weighted by Crippen LogP contribution is 2.38. The van der Waals surface area contributed by atoms with Crippen LogP contribution in [0.3, 0.4) is 0 Å². The Balaban J connectivity index is 1.39. The summed E-state index contributed by atoms with van der Waals surface area (Å²) in [6, 6.07) is 10.2. The molecule has 5 rings (SSSR count). The van der Waals surface area contributed by atoms with E-state index in [0.717, 1.165) is 52.7 Å². The smallest absolute Gasteiger partial charge is 0.115 e. The third-order valence-corrected chi connectivity index (χ3v) is 5.77. The molecule has 3 aromatic heterocycles. The van der Waals surface area contributed by atoms with Gasteiger partial charge in [0.1, 0.15) is 11.4 Å². The molecular formula is C21H19ClN6. The van der Waals surface area contributed by atoms with E-state index in [1.807, 2.05) is 37.5 Å². The van der Waals surface area contributed by atoms with Crippen molar-refractivity contribution in [1.29, 1.82) is 0 Å². The first-order valence-electron chi connectivity index (χ1n) is 9.32. The number of aromatic amines is 1. The fourth-order valence-electron chi connectivity index (χ4n) is 4.00. The molecule has 1 aliphatic rings. The van der Waals surface area contributed by atoms with Crippen LogP contribution in [0.25, 0.3) is 22.6 Å². The zero-order valence-corrected chi connectivity index (χ0v) is 16.2. The average molecular weight is 391 g/mol. The number of nitrogens with one attached hydrogen (secondary N) is 1. The van der Waals surface area contributed by atoms with Gasteiger partial charge in [-0.1, -0.05) is 28.9 Å². The van der Waals surface area contributed by atoms with Gasteiger partial charge in [-0.15, -0.1) is 5.10 Å². The monoisotopic (exact) mass is 390 g/mol. The number of imidazole rings is 1. The maximum Gasteiger partial charge on any atom is 0.115 e. The van der Waals surface area contributed by atoms with Gasteiger partial charge in [0.2, 0.25) is 0 Å². The summed E-state index contributed by atoms with van der Waals surface area (Å²) in [5, 5.41) is 11.8. The van der Waals surface area contributed by atoms with E-state index in [0.29, 0.717) is 5.92 Å². The molecule has 0 spiro atoms. The van der Waals surface area contributed by atoms with Crippen LogP contribution in [0.2, 0.25) is 5.02 Å². The van der Waals surface area contributed by atoms with Crippen LogP contribution in [-0.2, 0) is 13.0 Å². The fourth-order valence-corrected chi connectivity index (χ4v) is 4.28. The van der Waals surface area contributed by atoms with E-state index in [1.54, 1.807) is 6.20 Å². The predicted octanol–water partition coefficient (Wildman–Crippen LogP) is 4.42. The normalized spacial score (nSPS) is 15.7. The van der Waals surface area contributed by atoms with Gasteiger partial charge in [-0.3, -0.25) is 10.1 Å². The van der Waals surface area contributed by atoms with E-state index in [-0.39, 0.29) is 0 Å². The van der Waals surface area contributed by atoms with Crippen LogP contribution in [0.15, 0.2) is 49.1 Å². The molecule has 7 heteroatoms. The first-order valence-corrected chi connectivity index (χ1v) is 9.70. The molecule has 0 saturated carbocycles. The number of nitrogens with zero attached hydrogens (tertiary/aromatic N) is 5. The zero-order valence-electron chi connectivity index (χ0n) is 15.4. The fraction of sp³-hybridized carbons (Fsp3) is 0.238. The molecule has 0 unspecified atom stereocenters. The Hall–Kier alpha value is -2.99. The summed E-state index contributed by atoms with van der Waals surface area (Å²) in [6.07, 6.45) is 7.89. The van der Waals surface area contributed by atoms with Gasteiger partial charge in [0.05, 0.1) is 17.7 Å². The van der Waals surface area contributed by atoms with Gasteiger partial charge in [-0.2, -0.15) is 0 Å². The van der Waals surface area contributed by atoms with Gasteiger partial charge in [-0.05, 0) is 49.1 Å². The SMILES string of the molecule is Cc1[nH]nnc1-c1ccnc(-c2cn(C[C@@H]3CCc4c(Cl)cccc43)cn2)c1. The van der Waals surface area contributed by atoms with E-state index in [1.165, 1.54) is 11.1 Å². The molecule has 0 radical (unpaired) electrons. The number of fused-ring (bicyclic) bond motifs is 1. The van der Waals surface area contributed by atoms with Crippen molar-refractivity contribution in [1.82, 2.24) is 29.9 Å². The molecule has 1 N–H and O–H groups in total. The van der Waals surface area contributed by atoms with E-state index in [4.69, 9.17) is 11.6 Å². The van der Waals surface area contributed by atoms with Gasteiger partial charge in [0, 0.05) is 35.4 Å². The Morgan fingerprint density at radius 1 is 1.21 bits per heavy atom. The van der Waals surface area contributed by atoms with E-state index < -0.39 is 0 Å². The highest BCUT2D eigenvalue weighted by atomic mass is 35.5. The second-order valence-electron chi connectivity index (χ2n) is 7.21. The summed E-state index contributed by atoms with van der Waals surface area (Å²) >= 11 is 6.35. The van der Waals surface area contributed by atoms with Crippen molar-refractivity contribution in [2.75, 3.05) is 0 Å². The standard InChI is InChI=1S/C21H19ClN6/c1-13-21(26-27-25-13)14-7-8-23-19(9-14)20-11-28(12-24-20)10-15-5-6-17-16(15)3-2-4-18(17)22/h2-4,7-9,11-12,15H,5-6,10H2,1H3,(H,25,26,27)/t15-/m0/s1. The maximum atomic E-state index is 6.35. The van der Waals surface area contributed by atoms with Crippen molar-refractivity contribution < 1.29 is 0 Å². The molecule has 0 amide bonds. The molecule has 1 aliphatic carbocycles. The quantitative estimate of drug-likeness (QED) is 0.559. The van der Waals surface area contributed by atoms with Gasteiger partial charge < -0.3 is 4.57 Å². The third-order valence-electron chi connectivity index (χ3n) is 5.42. The number of H-pyrrole nitrogens is 1. The minimum atomic E-state index is 0.466. The Morgan fingerprint density at radius 3 is 3.00 bits per heavy atom. The van der Waals surface area contributed by atoms with Crippen molar-refractivity contribution in [2.45, 2.75) is 32.2 Å². The summed E-state index contributed by atoms with van der Waals surface area (Å²) in [4.78, 5) is 9.07. The molecule has 1 aromatic carbocycles. The number of rotatable bonds is 4. The molecule has 3 heterocycles. The second kappa shape index (κ2) is 6.87. The van der Waals surface area contributed by atoms with Gasteiger partial charge in [0.25, 0.3) is 0 Å². The highest BCUT2D eigenvalue weighted by molar-refractivity contribution is 6.31. The summed E-state index contributed by atoms with van der Waals surface area (Å²) in [5.41, 5.74) is 7.09. The number of benzene rings is 1. The molecule has 1 atom stereocenters. The van der Waals surface area contributed by atoms with Crippen LogP contribution >= 0.6 is 11.6 Å². The average Bonchev–Trinajstić information content (AvgIpc) is 3.43. The van der Waals surface area contributed by atoms with Crippen molar-refractivity contribution in [2.24, 2.45) is 0 Å². The van der Waals surface area contributed by atoms with Crippen LogP contribution in [0.5, 0.6) is 0 Å². The second-order valence-corrected chi connectivity index (χ2v) is 7.62. The lowest BCUT2D eigenvalue weighted by Gasteiger charge is -2.12. The summed E-state index contributed by atoms with van der Waals surface area (Å²) in [6.45, 7) is 2.85. The predicted molar refractivity (Wildman–Crippen MR) is 108 cm³/mol. The number of pyridine rings is 1. The van der Waals surface area contributed by atoms with Crippen molar-refractivity contribution in [3.8, 4) is 22.6 Å². The van der Waals surface area contributed by atoms with Crippen LogP contribution in [0.1, 0.15) is 29.2 Å². The summed E-state index contributed by atoms with van der Waals surface area (Å²) in [7, 11) is 0. The first-order chi connectivity index (χ1) is 13.7. The number of halogens is 1. The lowest BCUT2D eigenvalue weighted by atomic mass is 10.0. The van der Waals surface area contributed by atoms with Gasteiger partial charge >= 0.3 is 0 Å². The topological polar surface area (TPSA) is 72.3 Å². The van der Waals surface area contributed by atoms with E-state index >= 15 is 0 Å². The molecule has 0 bridgehead atoms. The van der Waals surface area contributed by atoms with Gasteiger partial charge in [0.15, 0.2) is 0 Å². The van der Waals surface area contributed by atoms with Crippen molar-refractivity contribution in [3.63, 3.8) is 0 Å². The third kappa shape index (κ3) is 2.99. The lowest BCUT2D eigenvalue weighted by molar-refractivity contribution is 0.555. The van der Waals surface area contributed by atoms with Crippen LogP contribution < -0.4 is 0 Å². The Bertz CT molecular complexity index is 1150. The maximum absolute atomic E-state index is 6.35. The summed E-state index contributed by atoms with van der Waals surface area (Å²) in [5.74, 6) is 0.466. The van der Waals surface area contributed by atoms with Crippen molar-refractivity contribution >= 4 is 11.6 Å². The largest absolute Gasteiger partial charge is 0.336 e. The molecular weight excluding hydrogens is 372 g/mol. The van der Waals surface area contributed by atoms with E-state index in [2.05, 4.69) is 42.2 Å². The number of aryl methyl sites for hydroxylation is 1. The number of hydrogen-bond donors (Lipinski definition) is 1. The van der Waals surface area contributed by atoms with Crippen LogP contribution in [0, 0.1) is 6.92 Å². The highest BCUT2D eigenvalue weighted by Gasteiger charge is 2.24. The lowest BCUT2D eigenvalue weighted by Crippen LogP contribution is -2.04.